The molecule has 2 rings (SSSR count). The SMILES string of the molecule is CCC(C(=O)Cc1ccc(Cl)cc1Cl)c1ccccc1. The minimum Gasteiger partial charge on any atom is -0.299 e. The van der Waals surface area contributed by atoms with Gasteiger partial charge < -0.3 is 0 Å². The van der Waals surface area contributed by atoms with E-state index in [1.807, 2.05) is 43.3 Å². The van der Waals surface area contributed by atoms with Gasteiger partial charge >= 0.3 is 0 Å². The standard InChI is InChI=1S/C17H16Cl2O/c1-2-15(12-6-4-3-5-7-12)17(20)10-13-8-9-14(18)11-16(13)19/h3-9,11,15H,2,10H2,1H3. The lowest BCUT2D eigenvalue weighted by molar-refractivity contribution is -0.119. The van der Waals surface area contributed by atoms with Crippen LogP contribution in [0.3, 0.4) is 0 Å². The Morgan fingerprint density at radius 1 is 1.10 bits per heavy atom. The zero-order chi connectivity index (χ0) is 14.5. The summed E-state index contributed by atoms with van der Waals surface area (Å²) < 4.78 is 0. The van der Waals surface area contributed by atoms with Gasteiger partial charge in [-0.05, 0) is 29.7 Å². The number of hydrogen-bond donors (Lipinski definition) is 0. The molecule has 1 atom stereocenters. The molecule has 3 heteroatoms. The van der Waals surface area contributed by atoms with Gasteiger partial charge in [-0.25, -0.2) is 0 Å². The molecule has 1 unspecified atom stereocenters. The highest BCUT2D eigenvalue weighted by Gasteiger charge is 2.19. The molecular weight excluding hydrogens is 291 g/mol. The average Bonchev–Trinajstić information content (AvgIpc) is 2.44. The highest BCUT2D eigenvalue weighted by atomic mass is 35.5. The Morgan fingerprint density at radius 2 is 1.80 bits per heavy atom. The molecule has 0 aliphatic heterocycles. The number of benzene rings is 2. The molecule has 0 amide bonds. The van der Waals surface area contributed by atoms with Crippen molar-refractivity contribution < 1.29 is 4.79 Å². The van der Waals surface area contributed by atoms with Gasteiger partial charge in [0.2, 0.25) is 0 Å². The van der Waals surface area contributed by atoms with Crippen molar-refractivity contribution >= 4 is 29.0 Å². The van der Waals surface area contributed by atoms with Crippen LogP contribution in [0.15, 0.2) is 48.5 Å². The van der Waals surface area contributed by atoms with Crippen molar-refractivity contribution in [2.75, 3.05) is 0 Å². The number of carbonyl (C=O) groups excluding carboxylic acids is 1. The Kier molecular flexibility index (Phi) is 5.22. The molecule has 0 aromatic heterocycles. The molecule has 1 nitrogen and oxygen atoms in total. The van der Waals surface area contributed by atoms with E-state index in [-0.39, 0.29) is 11.7 Å². The minimum atomic E-state index is -0.0806. The topological polar surface area (TPSA) is 17.1 Å². The first-order valence-corrected chi connectivity index (χ1v) is 7.39. The molecule has 0 saturated carbocycles. The first-order valence-electron chi connectivity index (χ1n) is 6.63. The molecule has 0 saturated heterocycles. The van der Waals surface area contributed by atoms with Gasteiger partial charge in [-0.3, -0.25) is 4.79 Å². The van der Waals surface area contributed by atoms with E-state index in [0.717, 1.165) is 17.5 Å². The van der Waals surface area contributed by atoms with Gasteiger partial charge in [0.05, 0.1) is 0 Å². The average molecular weight is 307 g/mol. The van der Waals surface area contributed by atoms with Gasteiger partial charge in [0, 0.05) is 22.4 Å². The molecule has 0 heterocycles. The van der Waals surface area contributed by atoms with Crippen LogP contribution in [-0.4, -0.2) is 5.78 Å². The van der Waals surface area contributed by atoms with E-state index in [0.29, 0.717) is 16.5 Å². The van der Waals surface area contributed by atoms with Crippen molar-refractivity contribution in [1.82, 2.24) is 0 Å². The summed E-state index contributed by atoms with van der Waals surface area (Å²) in [5, 5.41) is 1.13. The zero-order valence-corrected chi connectivity index (χ0v) is 12.8. The van der Waals surface area contributed by atoms with Crippen LogP contribution in [-0.2, 0) is 11.2 Å². The lowest BCUT2D eigenvalue weighted by Gasteiger charge is -2.14. The first kappa shape index (κ1) is 15.1. The largest absolute Gasteiger partial charge is 0.299 e. The third kappa shape index (κ3) is 3.62. The molecule has 0 N–H and O–H groups in total. The van der Waals surface area contributed by atoms with Crippen molar-refractivity contribution in [3.8, 4) is 0 Å². The summed E-state index contributed by atoms with van der Waals surface area (Å²) in [6.07, 6.45) is 1.12. The lowest BCUT2D eigenvalue weighted by atomic mass is 9.89. The van der Waals surface area contributed by atoms with E-state index in [2.05, 4.69) is 0 Å². The Morgan fingerprint density at radius 3 is 2.40 bits per heavy atom. The second-order valence-electron chi connectivity index (χ2n) is 4.75. The summed E-state index contributed by atoms with van der Waals surface area (Å²) in [6.45, 7) is 2.03. The Bertz CT molecular complexity index is 593. The highest BCUT2D eigenvalue weighted by molar-refractivity contribution is 6.35. The molecule has 0 aliphatic rings. The molecule has 0 bridgehead atoms. The van der Waals surface area contributed by atoms with Gasteiger partial charge in [-0.1, -0.05) is 66.5 Å². The van der Waals surface area contributed by atoms with Gasteiger partial charge in [-0.15, -0.1) is 0 Å². The third-order valence-electron chi connectivity index (χ3n) is 3.38. The summed E-state index contributed by atoms with van der Waals surface area (Å²) in [4.78, 5) is 12.5. The molecular formula is C17H16Cl2O. The summed E-state index contributed by atoms with van der Waals surface area (Å²) in [5.74, 6) is 0.103. The van der Waals surface area contributed by atoms with E-state index in [1.54, 1.807) is 12.1 Å². The second-order valence-corrected chi connectivity index (χ2v) is 5.59. The summed E-state index contributed by atoms with van der Waals surface area (Å²) in [6, 6.07) is 15.1. The molecule has 0 fully saturated rings. The van der Waals surface area contributed by atoms with Crippen LogP contribution >= 0.6 is 23.2 Å². The maximum atomic E-state index is 12.5. The maximum Gasteiger partial charge on any atom is 0.144 e. The molecule has 104 valence electrons. The smallest absolute Gasteiger partial charge is 0.144 e. The Labute approximate surface area is 129 Å². The Hall–Kier alpha value is -1.31. The summed E-state index contributed by atoms with van der Waals surface area (Å²) >= 11 is 12.0. The second kappa shape index (κ2) is 6.92. The number of ketones is 1. The number of rotatable bonds is 5. The predicted octanol–water partition coefficient (Wildman–Crippen LogP) is 5.30. The fourth-order valence-electron chi connectivity index (χ4n) is 2.31. The van der Waals surface area contributed by atoms with Crippen LogP contribution in [0.2, 0.25) is 10.0 Å². The van der Waals surface area contributed by atoms with Crippen molar-refractivity contribution in [3.05, 3.63) is 69.7 Å². The number of carbonyl (C=O) groups is 1. The quantitative estimate of drug-likeness (QED) is 0.732. The van der Waals surface area contributed by atoms with Crippen LogP contribution in [0.5, 0.6) is 0 Å². The van der Waals surface area contributed by atoms with Crippen LogP contribution in [0.25, 0.3) is 0 Å². The summed E-state index contributed by atoms with van der Waals surface area (Å²) in [7, 11) is 0. The molecule has 0 aliphatic carbocycles. The molecule has 0 spiro atoms. The number of Topliss-reactive ketones (excluding diaryl/α,β-unsaturated/α-hetero) is 1. The van der Waals surface area contributed by atoms with E-state index >= 15 is 0 Å². The van der Waals surface area contributed by atoms with Crippen LogP contribution in [0.4, 0.5) is 0 Å². The van der Waals surface area contributed by atoms with Gasteiger partial charge in [-0.2, -0.15) is 0 Å². The lowest BCUT2D eigenvalue weighted by Crippen LogP contribution is -2.14. The monoisotopic (exact) mass is 306 g/mol. The number of hydrogen-bond acceptors (Lipinski definition) is 1. The normalized spacial score (nSPS) is 12.2. The van der Waals surface area contributed by atoms with Crippen molar-refractivity contribution in [1.29, 1.82) is 0 Å². The van der Waals surface area contributed by atoms with Gasteiger partial charge in [0.25, 0.3) is 0 Å². The maximum absolute atomic E-state index is 12.5. The third-order valence-corrected chi connectivity index (χ3v) is 3.97. The summed E-state index contributed by atoms with van der Waals surface area (Å²) in [5.41, 5.74) is 1.89. The van der Waals surface area contributed by atoms with E-state index in [9.17, 15) is 4.79 Å². The highest BCUT2D eigenvalue weighted by Crippen LogP contribution is 2.26. The van der Waals surface area contributed by atoms with Gasteiger partial charge in [0.15, 0.2) is 0 Å². The van der Waals surface area contributed by atoms with Crippen LogP contribution in [0.1, 0.15) is 30.4 Å². The Balaban J connectivity index is 2.18. The minimum absolute atomic E-state index is 0.0806. The molecule has 20 heavy (non-hydrogen) atoms. The van der Waals surface area contributed by atoms with E-state index in [4.69, 9.17) is 23.2 Å². The van der Waals surface area contributed by atoms with Gasteiger partial charge in [0.1, 0.15) is 5.78 Å². The van der Waals surface area contributed by atoms with Crippen molar-refractivity contribution in [3.63, 3.8) is 0 Å². The molecule has 2 aromatic rings. The van der Waals surface area contributed by atoms with Crippen LogP contribution < -0.4 is 0 Å². The van der Waals surface area contributed by atoms with Crippen LogP contribution in [0, 0.1) is 0 Å². The van der Waals surface area contributed by atoms with E-state index < -0.39 is 0 Å². The fraction of sp³-hybridized carbons (Fsp3) is 0.235. The zero-order valence-electron chi connectivity index (χ0n) is 11.3. The van der Waals surface area contributed by atoms with E-state index in [1.165, 1.54) is 0 Å². The predicted molar refractivity (Wildman–Crippen MR) is 84.6 cm³/mol. The number of halogens is 2. The molecule has 0 radical (unpaired) electrons. The first-order chi connectivity index (χ1) is 9.61. The molecule has 2 aromatic carbocycles. The van der Waals surface area contributed by atoms with Crippen molar-refractivity contribution in [2.24, 2.45) is 0 Å². The van der Waals surface area contributed by atoms with Crippen molar-refractivity contribution in [2.45, 2.75) is 25.7 Å². The fourth-order valence-corrected chi connectivity index (χ4v) is 2.79.